The molecule has 1 saturated heterocycles. The third-order valence-electron chi connectivity index (χ3n) is 3.33. The van der Waals surface area contributed by atoms with Gasteiger partial charge in [0, 0.05) is 19.1 Å². The molecule has 10 heteroatoms. The summed E-state index contributed by atoms with van der Waals surface area (Å²) in [7, 11) is -3.77. The van der Waals surface area contributed by atoms with E-state index in [1.54, 1.807) is 20.8 Å². The van der Waals surface area contributed by atoms with Crippen molar-refractivity contribution in [3.63, 3.8) is 0 Å². The molecular formula is C14H22ClN3O4S2. The molecule has 136 valence electrons. The van der Waals surface area contributed by atoms with Gasteiger partial charge in [-0.3, -0.25) is 0 Å². The number of nitrogen functional groups attached to an aromatic ring is 1. The Balaban J connectivity index is 2.05. The van der Waals surface area contributed by atoms with Crippen molar-refractivity contribution in [1.82, 2.24) is 9.62 Å². The van der Waals surface area contributed by atoms with Crippen molar-refractivity contribution in [3.8, 4) is 0 Å². The van der Waals surface area contributed by atoms with Crippen molar-refractivity contribution in [1.29, 1.82) is 0 Å². The van der Waals surface area contributed by atoms with E-state index in [1.807, 2.05) is 0 Å². The lowest BCUT2D eigenvalue weighted by molar-refractivity contribution is 0.0195. The second-order valence-electron chi connectivity index (χ2n) is 6.68. The van der Waals surface area contributed by atoms with E-state index in [1.165, 1.54) is 11.0 Å². The minimum Gasteiger partial charge on any atom is -0.444 e. The molecule has 1 aromatic rings. The van der Waals surface area contributed by atoms with Crippen LogP contribution in [0.3, 0.4) is 0 Å². The third-order valence-corrected chi connectivity index (χ3v) is 6.68. The standard InChI is InChI=1S/C14H22ClN3O4S2/c1-14(2,3)22-13(19)18-6-4-5-9(8-18)17-24(20,21)12-10(16)7-11(15)23-12/h7,9,17H,4-6,8,16H2,1-3H3/t9-/m0/s1. The maximum Gasteiger partial charge on any atom is 0.410 e. The molecule has 1 aliphatic heterocycles. The Morgan fingerprint density at radius 2 is 2.17 bits per heavy atom. The highest BCUT2D eigenvalue weighted by molar-refractivity contribution is 7.91. The highest BCUT2D eigenvalue weighted by Crippen LogP contribution is 2.32. The molecule has 1 fully saturated rings. The molecule has 0 bridgehead atoms. The van der Waals surface area contributed by atoms with E-state index in [0.717, 1.165) is 11.3 Å². The topological polar surface area (TPSA) is 102 Å². The van der Waals surface area contributed by atoms with Crippen molar-refractivity contribution < 1.29 is 17.9 Å². The molecule has 0 spiro atoms. The fraction of sp³-hybridized carbons (Fsp3) is 0.643. The Bertz CT molecular complexity index is 712. The van der Waals surface area contributed by atoms with Gasteiger partial charge in [-0.25, -0.2) is 17.9 Å². The lowest BCUT2D eigenvalue weighted by atomic mass is 10.1. The van der Waals surface area contributed by atoms with Gasteiger partial charge in [-0.1, -0.05) is 11.6 Å². The van der Waals surface area contributed by atoms with E-state index in [9.17, 15) is 13.2 Å². The molecule has 0 unspecified atom stereocenters. The number of anilines is 1. The number of hydrogen-bond donors (Lipinski definition) is 2. The van der Waals surface area contributed by atoms with Crippen LogP contribution < -0.4 is 10.5 Å². The number of amides is 1. The fourth-order valence-electron chi connectivity index (χ4n) is 2.41. The maximum absolute atomic E-state index is 12.5. The van der Waals surface area contributed by atoms with E-state index >= 15 is 0 Å². The summed E-state index contributed by atoms with van der Waals surface area (Å²) in [5, 5.41) is 0. The average Bonchev–Trinajstić information content (AvgIpc) is 2.76. The van der Waals surface area contributed by atoms with E-state index in [0.29, 0.717) is 23.7 Å². The van der Waals surface area contributed by atoms with E-state index < -0.39 is 27.8 Å². The maximum atomic E-state index is 12.5. The van der Waals surface area contributed by atoms with Crippen molar-refractivity contribution >= 4 is 44.7 Å². The number of ether oxygens (including phenoxy) is 1. The second-order valence-corrected chi connectivity index (χ2v) is 10.3. The zero-order chi connectivity index (χ0) is 18.1. The van der Waals surface area contributed by atoms with Gasteiger partial charge in [0.1, 0.15) is 5.60 Å². The molecular weight excluding hydrogens is 374 g/mol. The second kappa shape index (κ2) is 7.07. The highest BCUT2D eigenvalue weighted by atomic mass is 35.5. The molecule has 0 saturated carbocycles. The molecule has 24 heavy (non-hydrogen) atoms. The lowest BCUT2D eigenvalue weighted by Gasteiger charge is -2.34. The van der Waals surface area contributed by atoms with Crippen LogP contribution in [0.5, 0.6) is 0 Å². The molecule has 2 rings (SSSR count). The number of rotatable bonds is 3. The SMILES string of the molecule is CC(C)(C)OC(=O)N1CCC[C@H](NS(=O)(=O)c2sc(Cl)cc2N)C1. The zero-order valence-corrected chi connectivity index (χ0v) is 16.2. The number of halogens is 1. The molecule has 1 aromatic heterocycles. The third kappa shape index (κ3) is 4.98. The van der Waals surface area contributed by atoms with Crippen LogP contribution in [0.1, 0.15) is 33.6 Å². The van der Waals surface area contributed by atoms with Gasteiger partial charge >= 0.3 is 6.09 Å². The van der Waals surface area contributed by atoms with Gasteiger partial charge in [-0.05, 0) is 39.7 Å². The Morgan fingerprint density at radius 3 is 2.71 bits per heavy atom. The number of sulfonamides is 1. The molecule has 0 aromatic carbocycles. The molecule has 0 radical (unpaired) electrons. The first kappa shape index (κ1) is 19.3. The van der Waals surface area contributed by atoms with Crippen molar-refractivity contribution in [2.45, 2.75) is 49.5 Å². The van der Waals surface area contributed by atoms with Gasteiger partial charge in [-0.2, -0.15) is 0 Å². The molecule has 1 amide bonds. The van der Waals surface area contributed by atoms with Gasteiger partial charge < -0.3 is 15.4 Å². The first-order valence-electron chi connectivity index (χ1n) is 7.53. The summed E-state index contributed by atoms with van der Waals surface area (Å²) in [6.45, 7) is 6.17. The Labute approximate surface area is 151 Å². The van der Waals surface area contributed by atoms with Crippen LogP contribution >= 0.6 is 22.9 Å². The summed E-state index contributed by atoms with van der Waals surface area (Å²) in [6, 6.07) is 1.02. The van der Waals surface area contributed by atoms with Crippen LogP contribution in [-0.2, 0) is 14.8 Å². The molecule has 7 nitrogen and oxygen atoms in total. The Morgan fingerprint density at radius 1 is 1.50 bits per heavy atom. The summed E-state index contributed by atoms with van der Waals surface area (Å²) in [4.78, 5) is 13.7. The molecule has 0 aliphatic carbocycles. The normalized spacial score (nSPS) is 19.3. The lowest BCUT2D eigenvalue weighted by Crippen LogP contribution is -2.50. The predicted molar refractivity (Wildman–Crippen MR) is 94.9 cm³/mol. The fourth-order valence-corrected chi connectivity index (χ4v) is 5.39. The zero-order valence-electron chi connectivity index (χ0n) is 13.8. The summed E-state index contributed by atoms with van der Waals surface area (Å²) in [5.41, 5.74) is 5.23. The molecule has 1 aliphatic rings. The first-order valence-corrected chi connectivity index (χ1v) is 10.2. The number of nitrogens with one attached hydrogen (secondary N) is 1. The summed E-state index contributed by atoms with van der Waals surface area (Å²) >= 11 is 6.73. The van der Waals surface area contributed by atoms with Gasteiger partial charge in [-0.15, -0.1) is 11.3 Å². The number of nitrogens with two attached hydrogens (primary N) is 1. The van der Waals surface area contributed by atoms with Crippen molar-refractivity contribution in [2.75, 3.05) is 18.8 Å². The van der Waals surface area contributed by atoms with Crippen molar-refractivity contribution in [2.24, 2.45) is 0 Å². The smallest absolute Gasteiger partial charge is 0.410 e. The molecule has 1 atom stereocenters. The van der Waals surface area contributed by atoms with Crippen LogP contribution in [0.15, 0.2) is 10.3 Å². The van der Waals surface area contributed by atoms with E-state index in [2.05, 4.69) is 4.72 Å². The average molecular weight is 396 g/mol. The highest BCUT2D eigenvalue weighted by Gasteiger charge is 2.31. The van der Waals surface area contributed by atoms with Gasteiger partial charge in [0.25, 0.3) is 10.0 Å². The Kier molecular flexibility index (Phi) is 5.68. The van der Waals surface area contributed by atoms with Gasteiger partial charge in [0.05, 0.1) is 10.0 Å². The minimum absolute atomic E-state index is 0.00175. The number of hydrogen-bond acceptors (Lipinski definition) is 6. The summed E-state index contributed by atoms with van der Waals surface area (Å²) in [5.74, 6) is 0. The van der Waals surface area contributed by atoms with Crippen LogP contribution in [-0.4, -0.2) is 44.1 Å². The number of piperidine rings is 1. The van der Waals surface area contributed by atoms with Crippen LogP contribution in [0.2, 0.25) is 4.34 Å². The van der Waals surface area contributed by atoms with Crippen LogP contribution in [0.4, 0.5) is 10.5 Å². The first-order chi connectivity index (χ1) is 11.0. The monoisotopic (exact) mass is 395 g/mol. The Hall–Kier alpha value is -1.03. The minimum atomic E-state index is -3.77. The molecule has 2 heterocycles. The molecule has 3 N–H and O–H groups in total. The quantitative estimate of drug-likeness (QED) is 0.819. The number of nitrogens with zero attached hydrogens (tertiary/aromatic N) is 1. The van der Waals surface area contributed by atoms with E-state index in [4.69, 9.17) is 22.1 Å². The van der Waals surface area contributed by atoms with Gasteiger partial charge in [0.15, 0.2) is 4.21 Å². The largest absolute Gasteiger partial charge is 0.444 e. The van der Waals surface area contributed by atoms with Crippen LogP contribution in [0.25, 0.3) is 0 Å². The number of thiophene rings is 1. The number of carbonyl (C=O) groups excluding carboxylic acids is 1. The summed E-state index contributed by atoms with van der Waals surface area (Å²) in [6.07, 6.45) is 0.884. The van der Waals surface area contributed by atoms with E-state index in [-0.39, 0.29) is 16.4 Å². The predicted octanol–water partition coefficient (Wildman–Crippen LogP) is 2.66. The van der Waals surface area contributed by atoms with Crippen LogP contribution in [0, 0.1) is 0 Å². The number of likely N-dealkylation sites (tertiary alicyclic amines) is 1. The van der Waals surface area contributed by atoms with Gasteiger partial charge in [0.2, 0.25) is 0 Å². The van der Waals surface area contributed by atoms with Crippen molar-refractivity contribution in [3.05, 3.63) is 10.4 Å². The number of carbonyl (C=O) groups is 1. The summed E-state index contributed by atoms with van der Waals surface area (Å²) < 4.78 is 33.2.